The number of nitrogens with zero attached hydrogens (tertiary/aromatic N) is 3. The molecule has 0 saturated carbocycles. The number of aromatic nitrogens is 2. The zero-order valence-corrected chi connectivity index (χ0v) is 16.3. The minimum Gasteiger partial charge on any atom is -0.484 e. The van der Waals surface area contributed by atoms with Crippen molar-refractivity contribution >= 4 is 5.96 Å². The lowest BCUT2D eigenvalue weighted by atomic mass is 10.2. The largest absolute Gasteiger partial charge is 0.484 e. The third-order valence-electron chi connectivity index (χ3n) is 3.98. The van der Waals surface area contributed by atoms with Gasteiger partial charge in [-0.1, -0.05) is 18.2 Å². The Morgan fingerprint density at radius 3 is 2.61 bits per heavy atom. The Kier molecular flexibility index (Phi) is 7.71. The maximum Gasteiger partial charge on any atom is 0.422 e. The van der Waals surface area contributed by atoms with Crippen LogP contribution < -0.4 is 15.4 Å². The number of para-hydroxylation sites is 1. The molecule has 0 aliphatic heterocycles. The van der Waals surface area contributed by atoms with Crippen LogP contribution in [-0.2, 0) is 13.1 Å². The molecular weight excluding hydrogens is 371 g/mol. The average molecular weight is 397 g/mol. The smallest absolute Gasteiger partial charge is 0.422 e. The molecule has 0 unspecified atom stereocenters. The van der Waals surface area contributed by atoms with E-state index in [1.54, 1.807) is 25.2 Å². The lowest BCUT2D eigenvalue weighted by Crippen LogP contribution is -2.37. The molecule has 0 aliphatic rings. The monoisotopic (exact) mass is 397 g/mol. The first kappa shape index (κ1) is 21.6. The highest BCUT2D eigenvalue weighted by atomic mass is 19.4. The molecule has 154 valence electrons. The number of guanidine groups is 1. The van der Waals surface area contributed by atoms with E-state index in [9.17, 15) is 13.2 Å². The Morgan fingerprint density at radius 2 is 1.96 bits per heavy atom. The van der Waals surface area contributed by atoms with Crippen molar-refractivity contribution in [2.24, 2.45) is 4.99 Å². The van der Waals surface area contributed by atoms with E-state index in [0.717, 1.165) is 24.4 Å². The van der Waals surface area contributed by atoms with Crippen molar-refractivity contribution in [3.63, 3.8) is 0 Å². The summed E-state index contributed by atoms with van der Waals surface area (Å²) in [6.45, 7) is 4.44. The van der Waals surface area contributed by atoms with Gasteiger partial charge in [-0.2, -0.15) is 18.3 Å². The van der Waals surface area contributed by atoms with E-state index in [1.807, 2.05) is 24.6 Å². The van der Waals surface area contributed by atoms with Gasteiger partial charge in [0.05, 0.1) is 5.69 Å². The molecule has 0 saturated heterocycles. The van der Waals surface area contributed by atoms with Gasteiger partial charge in [-0.15, -0.1) is 0 Å². The molecule has 0 amide bonds. The molecule has 0 aliphatic carbocycles. The summed E-state index contributed by atoms with van der Waals surface area (Å²) in [5.41, 5.74) is 2.74. The third kappa shape index (κ3) is 7.13. The van der Waals surface area contributed by atoms with Gasteiger partial charge >= 0.3 is 6.18 Å². The van der Waals surface area contributed by atoms with Gasteiger partial charge in [0.2, 0.25) is 0 Å². The van der Waals surface area contributed by atoms with E-state index < -0.39 is 12.8 Å². The number of alkyl halides is 3. The predicted octanol–water partition coefficient (Wildman–Crippen LogP) is 3.20. The number of nitrogens with one attached hydrogen (secondary N) is 2. The van der Waals surface area contributed by atoms with Crippen LogP contribution in [0.4, 0.5) is 13.2 Å². The first-order valence-electron chi connectivity index (χ1n) is 9.01. The highest BCUT2D eigenvalue weighted by Crippen LogP contribution is 2.22. The van der Waals surface area contributed by atoms with Gasteiger partial charge in [0.1, 0.15) is 5.75 Å². The topological polar surface area (TPSA) is 63.5 Å². The molecular formula is C19H26F3N5O. The van der Waals surface area contributed by atoms with Gasteiger partial charge < -0.3 is 15.4 Å². The highest BCUT2D eigenvalue weighted by molar-refractivity contribution is 5.79. The predicted molar refractivity (Wildman–Crippen MR) is 103 cm³/mol. The Labute approximate surface area is 162 Å². The van der Waals surface area contributed by atoms with Gasteiger partial charge in [-0.25, -0.2) is 0 Å². The Bertz CT molecular complexity index is 786. The maximum absolute atomic E-state index is 12.4. The van der Waals surface area contributed by atoms with Crippen molar-refractivity contribution in [1.29, 1.82) is 0 Å². The molecule has 1 aromatic heterocycles. The lowest BCUT2D eigenvalue weighted by molar-refractivity contribution is -0.153. The molecule has 0 bridgehead atoms. The summed E-state index contributed by atoms with van der Waals surface area (Å²) >= 11 is 0. The zero-order chi connectivity index (χ0) is 20.6. The van der Waals surface area contributed by atoms with Gasteiger partial charge in [0, 0.05) is 37.9 Å². The molecule has 0 atom stereocenters. The highest BCUT2D eigenvalue weighted by Gasteiger charge is 2.28. The van der Waals surface area contributed by atoms with Gasteiger partial charge in [-0.3, -0.25) is 9.67 Å². The number of hydrogen-bond acceptors (Lipinski definition) is 3. The quantitative estimate of drug-likeness (QED) is 0.408. The van der Waals surface area contributed by atoms with Gasteiger partial charge in [-0.05, 0) is 32.4 Å². The summed E-state index contributed by atoms with van der Waals surface area (Å²) in [7, 11) is 1.64. The normalized spacial score (nSPS) is 12.1. The van der Waals surface area contributed by atoms with Crippen LogP contribution in [0.2, 0.25) is 0 Å². The fraction of sp³-hybridized carbons (Fsp3) is 0.474. The molecule has 1 aromatic carbocycles. The standard InChI is InChI=1S/C19H26F3N5O/c1-14-11-15(2)27(26-14)10-6-9-24-18(23-3)25-12-16-7-4-5-8-17(16)28-13-19(20,21)22/h4-5,7-8,11H,6,9-10,12-13H2,1-3H3,(H2,23,24,25). The van der Waals surface area contributed by atoms with Crippen molar-refractivity contribution in [2.75, 3.05) is 20.2 Å². The minimum absolute atomic E-state index is 0.201. The van der Waals surface area contributed by atoms with Crippen LogP contribution in [0.1, 0.15) is 23.4 Å². The molecule has 2 aromatic rings. The SMILES string of the molecule is CN=C(NCCCn1nc(C)cc1C)NCc1ccccc1OCC(F)(F)F. The molecule has 1 heterocycles. The first-order chi connectivity index (χ1) is 13.3. The number of benzene rings is 1. The van der Waals surface area contributed by atoms with E-state index in [0.29, 0.717) is 24.6 Å². The van der Waals surface area contributed by atoms with Crippen LogP contribution in [0.25, 0.3) is 0 Å². The van der Waals surface area contributed by atoms with Crippen molar-refractivity contribution in [2.45, 2.75) is 39.5 Å². The molecule has 28 heavy (non-hydrogen) atoms. The van der Waals surface area contributed by atoms with E-state index in [1.165, 1.54) is 6.07 Å². The van der Waals surface area contributed by atoms with Crippen molar-refractivity contribution in [1.82, 2.24) is 20.4 Å². The summed E-state index contributed by atoms with van der Waals surface area (Å²) < 4.78 is 44.0. The fourth-order valence-corrected chi connectivity index (χ4v) is 2.69. The Balaban J connectivity index is 1.80. The Hall–Kier alpha value is -2.71. The van der Waals surface area contributed by atoms with Crippen LogP contribution in [0, 0.1) is 13.8 Å². The summed E-state index contributed by atoms with van der Waals surface area (Å²) in [5, 5.41) is 10.7. The van der Waals surface area contributed by atoms with Crippen LogP contribution in [-0.4, -0.2) is 42.1 Å². The number of ether oxygens (including phenoxy) is 1. The zero-order valence-electron chi connectivity index (χ0n) is 16.3. The van der Waals surface area contributed by atoms with Crippen LogP contribution in [0.3, 0.4) is 0 Å². The van der Waals surface area contributed by atoms with E-state index >= 15 is 0 Å². The molecule has 6 nitrogen and oxygen atoms in total. The average Bonchev–Trinajstić information content (AvgIpc) is 2.96. The van der Waals surface area contributed by atoms with Crippen LogP contribution >= 0.6 is 0 Å². The van der Waals surface area contributed by atoms with Crippen molar-refractivity contribution < 1.29 is 17.9 Å². The molecule has 0 radical (unpaired) electrons. The summed E-state index contributed by atoms with van der Waals surface area (Å²) in [5.74, 6) is 0.770. The number of rotatable bonds is 8. The van der Waals surface area contributed by atoms with Gasteiger partial charge in [0.25, 0.3) is 0 Å². The van der Waals surface area contributed by atoms with E-state index in [4.69, 9.17) is 4.74 Å². The fourth-order valence-electron chi connectivity index (χ4n) is 2.69. The molecule has 2 N–H and O–H groups in total. The Morgan fingerprint density at radius 1 is 1.21 bits per heavy atom. The minimum atomic E-state index is -4.37. The van der Waals surface area contributed by atoms with Crippen LogP contribution in [0.5, 0.6) is 5.75 Å². The summed E-state index contributed by atoms with van der Waals surface area (Å²) in [6, 6.07) is 8.66. The summed E-state index contributed by atoms with van der Waals surface area (Å²) in [6.07, 6.45) is -3.52. The second-order valence-electron chi connectivity index (χ2n) is 6.37. The number of aliphatic imine (C=N–C) groups is 1. The summed E-state index contributed by atoms with van der Waals surface area (Å²) in [4.78, 5) is 4.14. The van der Waals surface area contributed by atoms with Crippen molar-refractivity contribution in [3.8, 4) is 5.75 Å². The second kappa shape index (κ2) is 10.0. The van der Waals surface area contributed by atoms with E-state index in [2.05, 4.69) is 20.7 Å². The molecule has 0 spiro atoms. The van der Waals surface area contributed by atoms with Crippen LogP contribution in [0.15, 0.2) is 35.3 Å². The molecule has 9 heteroatoms. The number of aryl methyl sites for hydroxylation is 3. The number of halogens is 3. The van der Waals surface area contributed by atoms with E-state index in [-0.39, 0.29) is 5.75 Å². The number of hydrogen-bond donors (Lipinski definition) is 2. The lowest BCUT2D eigenvalue weighted by Gasteiger charge is -2.15. The second-order valence-corrected chi connectivity index (χ2v) is 6.37. The molecule has 0 fully saturated rings. The maximum atomic E-state index is 12.4. The van der Waals surface area contributed by atoms with Crippen molar-refractivity contribution in [3.05, 3.63) is 47.3 Å². The first-order valence-corrected chi connectivity index (χ1v) is 9.01. The van der Waals surface area contributed by atoms with Gasteiger partial charge in [0.15, 0.2) is 12.6 Å². The molecule has 2 rings (SSSR count). The third-order valence-corrected chi connectivity index (χ3v) is 3.98.